The summed E-state index contributed by atoms with van der Waals surface area (Å²) in [4.78, 5) is 0. The van der Waals surface area contributed by atoms with Crippen LogP contribution in [0.3, 0.4) is 0 Å². The molecule has 2 N–H and O–H groups in total. The molecule has 7 heteroatoms. The number of nitrogens with zero attached hydrogens (tertiary/aromatic N) is 3. The van der Waals surface area contributed by atoms with Crippen molar-refractivity contribution < 1.29 is 8.91 Å². The van der Waals surface area contributed by atoms with Gasteiger partial charge in [-0.1, -0.05) is 16.8 Å². The molecule has 0 atom stereocenters. The monoisotopic (exact) mass is 292 g/mol. The van der Waals surface area contributed by atoms with Crippen LogP contribution in [0.1, 0.15) is 0 Å². The van der Waals surface area contributed by atoms with Gasteiger partial charge in [0.25, 0.3) is 0 Å². The summed E-state index contributed by atoms with van der Waals surface area (Å²) in [5.74, 6) is -0.313. The lowest BCUT2D eigenvalue weighted by atomic mass is 10.0. The van der Waals surface area contributed by atoms with Crippen LogP contribution in [0.4, 0.5) is 10.3 Å². The first-order chi connectivity index (χ1) is 9.56. The summed E-state index contributed by atoms with van der Waals surface area (Å²) in [5.41, 5.74) is 7.93. The van der Waals surface area contributed by atoms with Gasteiger partial charge in [0.15, 0.2) is 0 Å². The standard InChI is InChI=1S/C13H10ClFN4O/c1-19-5-4-10(17-19)12-11(13(16)20-18-12)8-3-2-7(15)6-9(8)14/h2-6H,16H2,1H3. The third kappa shape index (κ3) is 2.04. The minimum absolute atomic E-state index is 0.110. The van der Waals surface area contributed by atoms with E-state index in [1.54, 1.807) is 24.0 Å². The number of rotatable bonds is 2. The molecule has 0 saturated heterocycles. The molecule has 0 spiro atoms. The van der Waals surface area contributed by atoms with Gasteiger partial charge < -0.3 is 10.3 Å². The zero-order valence-electron chi connectivity index (χ0n) is 10.5. The maximum absolute atomic E-state index is 13.1. The highest BCUT2D eigenvalue weighted by molar-refractivity contribution is 6.33. The molecule has 3 aromatic rings. The zero-order chi connectivity index (χ0) is 14.3. The fourth-order valence-electron chi connectivity index (χ4n) is 1.97. The Labute approximate surface area is 118 Å². The molecule has 0 unspecified atom stereocenters. The molecule has 0 bridgehead atoms. The van der Waals surface area contributed by atoms with Gasteiger partial charge in [-0.15, -0.1) is 0 Å². The summed E-state index contributed by atoms with van der Waals surface area (Å²) in [6, 6.07) is 5.83. The number of benzene rings is 1. The van der Waals surface area contributed by atoms with Crippen LogP contribution in [-0.2, 0) is 7.05 Å². The topological polar surface area (TPSA) is 69.9 Å². The van der Waals surface area contributed by atoms with Gasteiger partial charge in [0.1, 0.15) is 17.2 Å². The summed E-state index contributed by atoms with van der Waals surface area (Å²) >= 11 is 6.07. The maximum Gasteiger partial charge on any atom is 0.230 e. The number of aromatic nitrogens is 3. The summed E-state index contributed by atoms with van der Waals surface area (Å²) in [5, 5.41) is 8.39. The number of hydrogen-bond donors (Lipinski definition) is 1. The van der Waals surface area contributed by atoms with Crippen molar-refractivity contribution in [3.63, 3.8) is 0 Å². The number of aryl methyl sites for hydroxylation is 1. The van der Waals surface area contributed by atoms with E-state index in [9.17, 15) is 4.39 Å². The highest BCUT2D eigenvalue weighted by Crippen LogP contribution is 2.39. The third-order valence-corrected chi connectivity index (χ3v) is 3.19. The van der Waals surface area contributed by atoms with Gasteiger partial charge in [0, 0.05) is 18.8 Å². The second-order valence-electron chi connectivity index (χ2n) is 4.27. The smallest absolute Gasteiger partial charge is 0.230 e. The molecule has 0 saturated carbocycles. The molecule has 0 aliphatic heterocycles. The van der Waals surface area contributed by atoms with Gasteiger partial charge in [-0.2, -0.15) is 5.10 Å². The molecular formula is C13H10ClFN4O. The Kier molecular flexibility index (Phi) is 2.94. The Morgan fingerprint density at radius 2 is 2.15 bits per heavy atom. The van der Waals surface area contributed by atoms with Crippen molar-refractivity contribution in [1.29, 1.82) is 0 Å². The average molecular weight is 293 g/mol. The second-order valence-corrected chi connectivity index (χ2v) is 4.68. The van der Waals surface area contributed by atoms with E-state index in [1.807, 2.05) is 0 Å². The third-order valence-electron chi connectivity index (χ3n) is 2.88. The first kappa shape index (κ1) is 12.7. The molecule has 0 aliphatic rings. The molecule has 1 aromatic carbocycles. The van der Waals surface area contributed by atoms with Crippen LogP contribution in [0.5, 0.6) is 0 Å². The number of anilines is 1. The van der Waals surface area contributed by atoms with Gasteiger partial charge in [0.2, 0.25) is 5.88 Å². The predicted octanol–water partition coefficient (Wildman–Crippen LogP) is 3.12. The van der Waals surface area contributed by atoms with E-state index in [-0.39, 0.29) is 10.9 Å². The highest BCUT2D eigenvalue weighted by Gasteiger charge is 2.21. The number of nitrogens with two attached hydrogens (primary N) is 1. The Morgan fingerprint density at radius 1 is 1.35 bits per heavy atom. The first-order valence-electron chi connectivity index (χ1n) is 5.77. The maximum atomic E-state index is 13.1. The van der Waals surface area contributed by atoms with Crippen LogP contribution in [0.15, 0.2) is 35.0 Å². The molecule has 2 aromatic heterocycles. The molecular weight excluding hydrogens is 283 g/mol. The van der Waals surface area contributed by atoms with Crippen molar-refractivity contribution in [2.75, 3.05) is 5.73 Å². The van der Waals surface area contributed by atoms with Gasteiger partial charge in [-0.25, -0.2) is 4.39 Å². The van der Waals surface area contributed by atoms with E-state index in [0.29, 0.717) is 22.5 Å². The lowest BCUT2D eigenvalue weighted by molar-refractivity contribution is 0.439. The van der Waals surface area contributed by atoms with Crippen molar-refractivity contribution in [3.05, 3.63) is 41.3 Å². The fourth-order valence-corrected chi connectivity index (χ4v) is 2.23. The van der Waals surface area contributed by atoms with E-state index in [1.165, 1.54) is 18.2 Å². The lowest BCUT2D eigenvalue weighted by Gasteiger charge is -2.04. The van der Waals surface area contributed by atoms with Crippen molar-refractivity contribution in [3.8, 4) is 22.5 Å². The summed E-state index contributed by atoms with van der Waals surface area (Å²) in [7, 11) is 1.79. The molecule has 0 aliphatic carbocycles. The minimum Gasteiger partial charge on any atom is -0.367 e. The van der Waals surface area contributed by atoms with E-state index in [2.05, 4.69) is 10.3 Å². The van der Waals surface area contributed by atoms with Crippen LogP contribution in [-0.4, -0.2) is 14.9 Å². The van der Waals surface area contributed by atoms with Crippen LogP contribution < -0.4 is 5.73 Å². The lowest BCUT2D eigenvalue weighted by Crippen LogP contribution is -1.91. The molecule has 3 rings (SSSR count). The molecule has 20 heavy (non-hydrogen) atoms. The van der Waals surface area contributed by atoms with Crippen LogP contribution in [0, 0.1) is 5.82 Å². The first-order valence-corrected chi connectivity index (χ1v) is 6.14. The van der Waals surface area contributed by atoms with Crippen LogP contribution in [0.2, 0.25) is 5.02 Å². The molecule has 0 amide bonds. The van der Waals surface area contributed by atoms with Gasteiger partial charge >= 0.3 is 0 Å². The second kappa shape index (κ2) is 4.64. The van der Waals surface area contributed by atoms with Gasteiger partial charge in [0.05, 0.1) is 10.6 Å². The van der Waals surface area contributed by atoms with Crippen molar-refractivity contribution in [2.24, 2.45) is 7.05 Å². The Hall–Kier alpha value is -2.34. The minimum atomic E-state index is -0.423. The predicted molar refractivity (Wildman–Crippen MR) is 73.5 cm³/mol. The Balaban J connectivity index is 2.21. The summed E-state index contributed by atoms with van der Waals surface area (Å²) < 4.78 is 19.8. The molecule has 0 fully saturated rings. The Bertz CT molecular complexity index is 781. The zero-order valence-corrected chi connectivity index (χ0v) is 11.2. The van der Waals surface area contributed by atoms with Crippen LogP contribution >= 0.6 is 11.6 Å². The van der Waals surface area contributed by atoms with E-state index in [0.717, 1.165) is 0 Å². The van der Waals surface area contributed by atoms with Gasteiger partial charge in [-0.3, -0.25) is 4.68 Å². The van der Waals surface area contributed by atoms with Crippen molar-refractivity contribution >= 4 is 17.5 Å². The molecule has 102 valence electrons. The SMILES string of the molecule is Cn1ccc(-c2noc(N)c2-c2ccc(F)cc2Cl)n1. The number of nitrogen functional groups attached to an aromatic ring is 1. The normalized spacial score (nSPS) is 10.9. The quantitative estimate of drug-likeness (QED) is 0.788. The largest absolute Gasteiger partial charge is 0.367 e. The molecule has 5 nitrogen and oxygen atoms in total. The Morgan fingerprint density at radius 3 is 2.80 bits per heavy atom. The average Bonchev–Trinajstić information content (AvgIpc) is 2.96. The number of hydrogen-bond acceptors (Lipinski definition) is 4. The van der Waals surface area contributed by atoms with Crippen molar-refractivity contribution in [1.82, 2.24) is 14.9 Å². The fraction of sp³-hybridized carbons (Fsp3) is 0.0769. The van der Waals surface area contributed by atoms with Crippen molar-refractivity contribution in [2.45, 2.75) is 0 Å². The van der Waals surface area contributed by atoms with Gasteiger partial charge in [-0.05, 0) is 24.3 Å². The highest BCUT2D eigenvalue weighted by atomic mass is 35.5. The van der Waals surface area contributed by atoms with E-state index >= 15 is 0 Å². The summed E-state index contributed by atoms with van der Waals surface area (Å²) in [6.07, 6.45) is 1.77. The molecule has 0 radical (unpaired) electrons. The number of halogens is 2. The molecule has 2 heterocycles. The van der Waals surface area contributed by atoms with Crippen LogP contribution in [0.25, 0.3) is 22.5 Å². The summed E-state index contributed by atoms with van der Waals surface area (Å²) in [6.45, 7) is 0. The van der Waals surface area contributed by atoms with E-state index < -0.39 is 5.82 Å². The van der Waals surface area contributed by atoms with E-state index in [4.69, 9.17) is 21.9 Å².